The van der Waals surface area contributed by atoms with Crippen molar-refractivity contribution in [1.29, 1.82) is 0 Å². The van der Waals surface area contributed by atoms with Crippen molar-refractivity contribution in [3.8, 4) is 0 Å². The number of alkyl halides is 3. The standard InChI is InChI=1S/C17H25F3N4O/c1-5-21-16(22-9-14-7-6-12(2)8-13(14)3)23-10-15(25)24(4)11-17(18,19)20/h6-8H,5,9-11H2,1-4H3,(H2,21,22,23). The Labute approximate surface area is 146 Å². The summed E-state index contributed by atoms with van der Waals surface area (Å²) in [6.45, 7) is 5.32. The molecule has 0 heterocycles. The number of guanidine groups is 1. The van der Waals surface area contributed by atoms with Gasteiger partial charge in [-0.2, -0.15) is 13.2 Å². The molecule has 0 atom stereocenters. The molecule has 0 aliphatic rings. The Morgan fingerprint density at radius 3 is 2.48 bits per heavy atom. The molecule has 0 spiro atoms. The number of aryl methyl sites for hydroxylation is 2. The van der Waals surface area contributed by atoms with E-state index in [-0.39, 0.29) is 6.54 Å². The number of halogens is 3. The molecule has 1 aromatic carbocycles. The molecule has 0 bridgehead atoms. The quantitative estimate of drug-likeness (QED) is 0.606. The summed E-state index contributed by atoms with van der Waals surface area (Å²) in [7, 11) is 1.12. The highest BCUT2D eigenvalue weighted by Crippen LogP contribution is 2.15. The van der Waals surface area contributed by atoms with Crippen LogP contribution in [0.15, 0.2) is 23.2 Å². The van der Waals surface area contributed by atoms with E-state index in [1.54, 1.807) is 0 Å². The van der Waals surface area contributed by atoms with Crippen LogP contribution in [-0.4, -0.2) is 49.6 Å². The minimum atomic E-state index is -4.41. The normalized spacial score (nSPS) is 12.0. The average molecular weight is 358 g/mol. The molecule has 0 fully saturated rings. The number of rotatable bonds is 6. The van der Waals surface area contributed by atoms with E-state index >= 15 is 0 Å². The second-order valence-electron chi connectivity index (χ2n) is 5.84. The Balaban J connectivity index is 2.65. The van der Waals surface area contributed by atoms with Crippen LogP contribution in [0.5, 0.6) is 0 Å². The predicted molar refractivity (Wildman–Crippen MR) is 92.4 cm³/mol. The summed E-state index contributed by atoms with van der Waals surface area (Å²) in [5.41, 5.74) is 3.32. The zero-order valence-corrected chi connectivity index (χ0v) is 15.0. The van der Waals surface area contributed by atoms with Crippen molar-refractivity contribution in [3.05, 3.63) is 34.9 Å². The van der Waals surface area contributed by atoms with Gasteiger partial charge < -0.3 is 15.5 Å². The number of carbonyl (C=O) groups is 1. The maximum absolute atomic E-state index is 12.3. The van der Waals surface area contributed by atoms with Gasteiger partial charge in [-0.1, -0.05) is 23.8 Å². The van der Waals surface area contributed by atoms with Gasteiger partial charge in [0.2, 0.25) is 5.91 Å². The number of benzene rings is 1. The lowest BCUT2D eigenvalue weighted by Crippen LogP contribution is -2.45. The summed E-state index contributed by atoms with van der Waals surface area (Å²) >= 11 is 0. The Hall–Kier alpha value is -2.25. The minimum Gasteiger partial charge on any atom is -0.357 e. The summed E-state index contributed by atoms with van der Waals surface area (Å²) in [5, 5.41) is 5.74. The Morgan fingerprint density at radius 2 is 1.92 bits per heavy atom. The number of amides is 1. The minimum absolute atomic E-state index is 0.259. The van der Waals surface area contributed by atoms with Crippen molar-refractivity contribution < 1.29 is 18.0 Å². The molecule has 1 aromatic rings. The van der Waals surface area contributed by atoms with E-state index in [9.17, 15) is 18.0 Å². The molecule has 0 saturated heterocycles. The maximum Gasteiger partial charge on any atom is 0.406 e. The van der Waals surface area contributed by atoms with Crippen LogP contribution in [0.2, 0.25) is 0 Å². The monoisotopic (exact) mass is 358 g/mol. The van der Waals surface area contributed by atoms with Crippen molar-refractivity contribution in [2.75, 3.05) is 26.7 Å². The largest absolute Gasteiger partial charge is 0.406 e. The SMILES string of the molecule is CCNC(=NCc1ccc(C)cc1C)NCC(=O)N(C)CC(F)(F)F. The third kappa shape index (κ3) is 7.91. The van der Waals surface area contributed by atoms with Crippen LogP contribution in [0, 0.1) is 13.8 Å². The molecule has 0 radical (unpaired) electrons. The van der Waals surface area contributed by atoms with E-state index in [4.69, 9.17) is 0 Å². The number of nitrogens with zero attached hydrogens (tertiary/aromatic N) is 2. The van der Waals surface area contributed by atoms with E-state index in [0.717, 1.165) is 23.7 Å². The van der Waals surface area contributed by atoms with Crippen LogP contribution >= 0.6 is 0 Å². The van der Waals surface area contributed by atoms with Gasteiger partial charge in [0.1, 0.15) is 6.54 Å². The van der Waals surface area contributed by atoms with Crippen LogP contribution in [0.4, 0.5) is 13.2 Å². The molecule has 0 unspecified atom stereocenters. The number of aliphatic imine (C=N–C) groups is 1. The van der Waals surface area contributed by atoms with Gasteiger partial charge in [-0.3, -0.25) is 4.79 Å². The van der Waals surface area contributed by atoms with Crippen molar-refractivity contribution in [2.45, 2.75) is 33.5 Å². The smallest absolute Gasteiger partial charge is 0.357 e. The summed E-state index contributed by atoms with van der Waals surface area (Å²) < 4.78 is 36.9. The molecular formula is C17H25F3N4O. The third-order valence-electron chi connectivity index (χ3n) is 3.50. The molecule has 25 heavy (non-hydrogen) atoms. The number of likely N-dealkylation sites (N-methyl/N-ethyl adjacent to an activating group) is 1. The summed E-state index contributed by atoms with van der Waals surface area (Å²) in [4.78, 5) is 16.8. The van der Waals surface area contributed by atoms with Crippen molar-refractivity contribution in [3.63, 3.8) is 0 Å². The van der Waals surface area contributed by atoms with Gasteiger partial charge in [0.25, 0.3) is 0 Å². The average Bonchev–Trinajstić information content (AvgIpc) is 2.49. The molecule has 0 aromatic heterocycles. The van der Waals surface area contributed by atoms with Gasteiger partial charge >= 0.3 is 6.18 Å². The van der Waals surface area contributed by atoms with Crippen LogP contribution in [-0.2, 0) is 11.3 Å². The zero-order chi connectivity index (χ0) is 19.0. The van der Waals surface area contributed by atoms with E-state index in [0.29, 0.717) is 23.9 Å². The number of hydrogen-bond acceptors (Lipinski definition) is 2. The van der Waals surface area contributed by atoms with Gasteiger partial charge in [-0.15, -0.1) is 0 Å². The fraction of sp³-hybridized carbons (Fsp3) is 0.529. The van der Waals surface area contributed by atoms with Gasteiger partial charge in [-0.25, -0.2) is 4.99 Å². The van der Waals surface area contributed by atoms with Gasteiger partial charge in [0, 0.05) is 13.6 Å². The summed E-state index contributed by atoms with van der Waals surface area (Å²) in [6.07, 6.45) is -4.41. The van der Waals surface area contributed by atoms with Crippen LogP contribution in [0.25, 0.3) is 0 Å². The molecule has 1 amide bonds. The van der Waals surface area contributed by atoms with Crippen LogP contribution in [0.1, 0.15) is 23.6 Å². The number of carbonyl (C=O) groups excluding carboxylic acids is 1. The first-order valence-corrected chi connectivity index (χ1v) is 8.01. The predicted octanol–water partition coefficient (Wildman–Crippen LogP) is 2.38. The first-order chi connectivity index (χ1) is 11.6. The highest BCUT2D eigenvalue weighted by atomic mass is 19.4. The van der Waals surface area contributed by atoms with Crippen molar-refractivity contribution in [2.24, 2.45) is 4.99 Å². The fourth-order valence-corrected chi connectivity index (χ4v) is 2.18. The van der Waals surface area contributed by atoms with Crippen LogP contribution in [0.3, 0.4) is 0 Å². The molecule has 0 aliphatic carbocycles. The van der Waals surface area contributed by atoms with E-state index in [1.807, 2.05) is 32.9 Å². The molecule has 5 nitrogen and oxygen atoms in total. The molecular weight excluding hydrogens is 333 g/mol. The molecule has 8 heteroatoms. The van der Waals surface area contributed by atoms with Gasteiger partial charge in [-0.05, 0) is 31.9 Å². The first-order valence-electron chi connectivity index (χ1n) is 8.01. The lowest BCUT2D eigenvalue weighted by molar-refractivity contribution is -0.157. The molecule has 140 valence electrons. The van der Waals surface area contributed by atoms with Gasteiger partial charge in [0.05, 0.1) is 13.1 Å². The molecule has 2 N–H and O–H groups in total. The highest BCUT2D eigenvalue weighted by molar-refractivity contribution is 5.86. The lowest BCUT2D eigenvalue weighted by Gasteiger charge is -2.20. The summed E-state index contributed by atoms with van der Waals surface area (Å²) in [6, 6.07) is 6.04. The number of nitrogens with one attached hydrogen (secondary N) is 2. The fourth-order valence-electron chi connectivity index (χ4n) is 2.18. The first kappa shape index (κ1) is 20.8. The Bertz CT molecular complexity index is 614. The van der Waals surface area contributed by atoms with E-state index in [2.05, 4.69) is 21.7 Å². The second kappa shape index (κ2) is 9.29. The third-order valence-corrected chi connectivity index (χ3v) is 3.50. The van der Waals surface area contributed by atoms with Crippen molar-refractivity contribution in [1.82, 2.24) is 15.5 Å². The van der Waals surface area contributed by atoms with E-state index < -0.39 is 18.6 Å². The van der Waals surface area contributed by atoms with E-state index in [1.165, 1.54) is 0 Å². The molecule has 1 rings (SSSR count). The molecule has 0 saturated carbocycles. The summed E-state index contributed by atoms with van der Waals surface area (Å²) in [5.74, 6) is -0.273. The van der Waals surface area contributed by atoms with Crippen molar-refractivity contribution >= 4 is 11.9 Å². The highest BCUT2D eigenvalue weighted by Gasteiger charge is 2.31. The Kier molecular flexibility index (Phi) is 7.73. The van der Waals surface area contributed by atoms with Gasteiger partial charge in [0.15, 0.2) is 5.96 Å². The Morgan fingerprint density at radius 1 is 1.24 bits per heavy atom. The topological polar surface area (TPSA) is 56.7 Å². The second-order valence-corrected chi connectivity index (χ2v) is 5.84. The number of hydrogen-bond donors (Lipinski definition) is 2. The zero-order valence-electron chi connectivity index (χ0n) is 15.0. The maximum atomic E-state index is 12.3. The lowest BCUT2D eigenvalue weighted by atomic mass is 10.1. The van der Waals surface area contributed by atoms with Crippen LogP contribution < -0.4 is 10.6 Å². The molecule has 0 aliphatic heterocycles.